The predicted molar refractivity (Wildman–Crippen MR) is 107 cm³/mol. The lowest BCUT2D eigenvalue weighted by molar-refractivity contribution is 0.377. The van der Waals surface area contributed by atoms with Crippen LogP contribution >= 0.6 is 0 Å². The highest BCUT2D eigenvalue weighted by Crippen LogP contribution is 2.24. The van der Waals surface area contributed by atoms with E-state index in [4.69, 9.17) is 0 Å². The molecule has 3 aromatic rings. The lowest BCUT2D eigenvalue weighted by atomic mass is 10.3. The highest BCUT2D eigenvalue weighted by Gasteiger charge is 2.33. The van der Waals surface area contributed by atoms with E-state index in [0.29, 0.717) is 24.7 Å². The molecule has 0 bridgehead atoms. The third-order valence-corrected chi connectivity index (χ3v) is 6.61. The Bertz CT molecular complexity index is 1100. The number of benzene rings is 1. The minimum atomic E-state index is -4.27. The molecule has 30 heavy (non-hydrogen) atoms. The van der Waals surface area contributed by atoms with E-state index in [0.717, 1.165) is 28.2 Å². The summed E-state index contributed by atoms with van der Waals surface area (Å²) >= 11 is 0. The second kappa shape index (κ2) is 8.28. The van der Waals surface area contributed by atoms with Crippen molar-refractivity contribution in [1.82, 2.24) is 19.5 Å². The average Bonchev–Trinajstić information content (AvgIpc) is 2.75. The van der Waals surface area contributed by atoms with Crippen molar-refractivity contribution in [2.45, 2.75) is 4.90 Å². The number of piperazine rings is 1. The van der Waals surface area contributed by atoms with Crippen LogP contribution in [-0.2, 0) is 10.0 Å². The van der Waals surface area contributed by atoms with E-state index in [9.17, 15) is 17.2 Å². The third kappa shape index (κ3) is 4.07. The molecule has 0 unspecified atom stereocenters. The first kappa shape index (κ1) is 20.1. The van der Waals surface area contributed by atoms with Crippen molar-refractivity contribution in [2.24, 2.45) is 0 Å². The van der Waals surface area contributed by atoms with Crippen LogP contribution in [0.5, 0.6) is 0 Å². The molecule has 4 rings (SSSR count). The summed E-state index contributed by atoms with van der Waals surface area (Å²) in [7, 11) is -4.27. The molecule has 0 aliphatic carbocycles. The standard InChI is InChI=1S/C19H18F2N6O2S/c20-15-4-1-5-16(21)19(15)30(28,29)27-11-9-26(10-12-27)18-7-6-17(24-25-18)23-14-3-2-8-22-13-14/h1-8,13H,9-12H2,(H,23,24). The maximum atomic E-state index is 14.0. The number of aromatic nitrogens is 3. The van der Waals surface area contributed by atoms with Crippen molar-refractivity contribution in [2.75, 3.05) is 36.4 Å². The fraction of sp³-hybridized carbons (Fsp3) is 0.211. The van der Waals surface area contributed by atoms with E-state index < -0.39 is 26.6 Å². The molecule has 1 fully saturated rings. The summed E-state index contributed by atoms with van der Waals surface area (Å²) in [5.41, 5.74) is 0.777. The van der Waals surface area contributed by atoms with Gasteiger partial charge in [-0.25, -0.2) is 17.2 Å². The zero-order valence-corrected chi connectivity index (χ0v) is 16.6. The number of nitrogens with one attached hydrogen (secondary N) is 1. The van der Waals surface area contributed by atoms with Crippen LogP contribution < -0.4 is 10.2 Å². The second-order valence-corrected chi connectivity index (χ2v) is 8.46. The molecule has 11 heteroatoms. The smallest absolute Gasteiger partial charge is 0.249 e. The van der Waals surface area contributed by atoms with Gasteiger partial charge in [-0.15, -0.1) is 10.2 Å². The van der Waals surface area contributed by atoms with Crippen LogP contribution in [0.15, 0.2) is 59.8 Å². The fourth-order valence-corrected chi connectivity index (χ4v) is 4.69. The molecule has 0 amide bonds. The van der Waals surface area contributed by atoms with Gasteiger partial charge in [0, 0.05) is 32.4 Å². The van der Waals surface area contributed by atoms with Gasteiger partial charge in [-0.2, -0.15) is 4.31 Å². The molecule has 0 spiro atoms. The number of hydrogen-bond donors (Lipinski definition) is 1. The Labute approximate surface area is 172 Å². The van der Waals surface area contributed by atoms with Gasteiger partial charge in [0.1, 0.15) is 11.6 Å². The molecule has 156 valence electrons. The predicted octanol–water partition coefficient (Wildman–Crippen LogP) is 2.40. The maximum Gasteiger partial charge on any atom is 0.249 e. The molecule has 0 atom stereocenters. The molecule has 2 aromatic heterocycles. The van der Waals surface area contributed by atoms with Gasteiger partial charge in [0.05, 0.1) is 11.9 Å². The minimum absolute atomic E-state index is 0.0769. The monoisotopic (exact) mass is 432 g/mol. The summed E-state index contributed by atoms with van der Waals surface area (Å²) < 4.78 is 54.3. The number of anilines is 3. The normalized spacial score (nSPS) is 15.2. The number of halogens is 2. The van der Waals surface area contributed by atoms with E-state index in [1.165, 1.54) is 0 Å². The minimum Gasteiger partial charge on any atom is -0.352 e. The molecule has 1 aliphatic rings. The zero-order chi connectivity index (χ0) is 21.1. The van der Waals surface area contributed by atoms with Gasteiger partial charge < -0.3 is 10.2 Å². The Hall–Kier alpha value is -3.18. The lowest BCUT2D eigenvalue weighted by Gasteiger charge is -2.34. The van der Waals surface area contributed by atoms with E-state index in [1.54, 1.807) is 30.6 Å². The number of sulfonamides is 1. The highest BCUT2D eigenvalue weighted by atomic mass is 32.2. The Kier molecular flexibility index (Phi) is 5.55. The van der Waals surface area contributed by atoms with Gasteiger partial charge in [0.25, 0.3) is 0 Å². The first-order chi connectivity index (χ1) is 14.4. The van der Waals surface area contributed by atoms with Crippen molar-refractivity contribution in [3.05, 3.63) is 66.5 Å². The summed E-state index contributed by atoms with van der Waals surface area (Å²) in [6.07, 6.45) is 3.33. The number of rotatable bonds is 5. The Morgan fingerprint density at radius 2 is 1.63 bits per heavy atom. The number of hydrogen-bond acceptors (Lipinski definition) is 7. The quantitative estimate of drug-likeness (QED) is 0.662. The Balaban J connectivity index is 1.42. The first-order valence-corrected chi connectivity index (χ1v) is 10.6. The van der Waals surface area contributed by atoms with Crippen LogP contribution in [0, 0.1) is 11.6 Å². The summed E-state index contributed by atoms with van der Waals surface area (Å²) in [6, 6.07) is 10.2. The molecule has 8 nitrogen and oxygen atoms in total. The molecule has 3 heterocycles. The molecular formula is C19H18F2N6O2S. The summed E-state index contributed by atoms with van der Waals surface area (Å²) in [5, 5.41) is 11.4. The highest BCUT2D eigenvalue weighted by molar-refractivity contribution is 7.89. The van der Waals surface area contributed by atoms with Gasteiger partial charge in [-0.1, -0.05) is 6.07 Å². The molecule has 0 radical (unpaired) electrons. The van der Waals surface area contributed by atoms with Crippen LogP contribution in [-0.4, -0.2) is 54.1 Å². The topological polar surface area (TPSA) is 91.3 Å². The molecule has 1 aromatic carbocycles. The largest absolute Gasteiger partial charge is 0.352 e. The van der Waals surface area contributed by atoms with Gasteiger partial charge in [0.2, 0.25) is 10.0 Å². The summed E-state index contributed by atoms with van der Waals surface area (Å²) in [6.45, 7) is 0.791. The fourth-order valence-electron chi connectivity index (χ4n) is 3.16. The Morgan fingerprint density at radius 1 is 0.900 bits per heavy atom. The van der Waals surface area contributed by atoms with Crippen molar-refractivity contribution in [3.63, 3.8) is 0 Å². The number of pyridine rings is 1. The molecule has 1 saturated heterocycles. The Morgan fingerprint density at radius 3 is 2.23 bits per heavy atom. The van der Waals surface area contributed by atoms with Crippen molar-refractivity contribution >= 4 is 27.3 Å². The van der Waals surface area contributed by atoms with Crippen LogP contribution in [0.4, 0.5) is 26.1 Å². The summed E-state index contributed by atoms with van der Waals surface area (Å²) in [5.74, 6) is -1.07. The van der Waals surface area contributed by atoms with Crippen LogP contribution in [0.1, 0.15) is 0 Å². The summed E-state index contributed by atoms with van der Waals surface area (Å²) in [4.78, 5) is 4.96. The third-order valence-electron chi connectivity index (χ3n) is 4.66. The van der Waals surface area contributed by atoms with E-state index in [1.807, 2.05) is 11.0 Å². The lowest BCUT2D eigenvalue weighted by Crippen LogP contribution is -2.49. The maximum absolute atomic E-state index is 14.0. The molecule has 1 N–H and O–H groups in total. The van der Waals surface area contributed by atoms with E-state index in [2.05, 4.69) is 20.5 Å². The van der Waals surface area contributed by atoms with Crippen LogP contribution in [0.25, 0.3) is 0 Å². The molecular weight excluding hydrogens is 414 g/mol. The van der Waals surface area contributed by atoms with Crippen molar-refractivity contribution in [1.29, 1.82) is 0 Å². The van der Waals surface area contributed by atoms with Crippen LogP contribution in [0.3, 0.4) is 0 Å². The SMILES string of the molecule is O=S(=O)(c1c(F)cccc1F)N1CCN(c2ccc(Nc3cccnc3)nn2)CC1. The van der Waals surface area contributed by atoms with Gasteiger partial charge >= 0.3 is 0 Å². The van der Waals surface area contributed by atoms with Crippen molar-refractivity contribution in [3.8, 4) is 0 Å². The van der Waals surface area contributed by atoms with Crippen LogP contribution in [0.2, 0.25) is 0 Å². The van der Waals surface area contributed by atoms with Gasteiger partial charge in [-0.05, 0) is 36.4 Å². The second-order valence-electron chi connectivity index (χ2n) is 6.59. The molecule has 1 aliphatic heterocycles. The van der Waals surface area contributed by atoms with Gasteiger partial charge in [0.15, 0.2) is 16.5 Å². The van der Waals surface area contributed by atoms with E-state index >= 15 is 0 Å². The number of nitrogens with zero attached hydrogens (tertiary/aromatic N) is 5. The molecule has 0 saturated carbocycles. The average molecular weight is 432 g/mol. The first-order valence-electron chi connectivity index (χ1n) is 9.15. The van der Waals surface area contributed by atoms with Crippen molar-refractivity contribution < 1.29 is 17.2 Å². The van der Waals surface area contributed by atoms with Gasteiger partial charge in [-0.3, -0.25) is 4.98 Å². The zero-order valence-electron chi connectivity index (χ0n) is 15.7. The van der Waals surface area contributed by atoms with E-state index in [-0.39, 0.29) is 13.1 Å².